The summed E-state index contributed by atoms with van der Waals surface area (Å²) < 4.78 is 37.8. The fraction of sp³-hybridized carbons (Fsp3) is 0.357. The predicted molar refractivity (Wildman–Crippen MR) is 71.3 cm³/mol. The molecule has 1 aromatic rings. The third kappa shape index (κ3) is 4.48. The average Bonchev–Trinajstić information content (AvgIpc) is 2.43. The van der Waals surface area contributed by atoms with Crippen LogP contribution in [0.1, 0.15) is 29.3 Å². The van der Waals surface area contributed by atoms with Gasteiger partial charge in [-0.1, -0.05) is 13.0 Å². The van der Waals surface area contributed by atoms with Gasteiger partial charge < -0.3 is 11.1 Å². The van der Waals surface area contributed by atoms with Crippen LogP contribution in [0.3, 0.4) is 0 Å². The summed E-state index contributed by atoms with van der Waals surface area (Å²) in [6.45, 7) is 1.53. The lowest BCUT2D eigenvalue weighted by Gasteiger charge is -2.20. The van der Waals surface area contributed by atoms with E-state index in [1.165, 1.54) is 13.0 Å². The molecular formula is C14H14F3N3O2. The minimum Gasteiger partial charge on any atom is -0.368 e. The number of nitriles is 1. The van der Waals surface area contributed by atoms with E-state index in [-0.39, 0.29) is 12.0 Å². The van der Waals surface area contributed by atoms with Gasteiger partial charge in [0, 0.05) is 12.0 Å². The Morgan fingerprint density at radius 1 is 1.41 bits per heavy atom. The Balaban J connectivity index is 2.96. The summed E-state index contributed by atoms with van der Waals surface area (Å²) in [6.07, 6.45) is -4.61. The first-order valence-electron chi connectivity index (χ1n) is 6.31. The molecule has 0 heterocycles. The van der Waals surface area contributed by atoms with Crippen molar-refractivity contribution in [3.63, 3.8) is 0 Å². The third-order valence-electron chi connectivity index (χ3n) is 3.03. The normalized spacial score (nSPS) is 13.8. The van der Waals surface area contributed by atoms with Crippen LogP contribution in [0, 0.1) is 17.2 Å². The van der Waals surface area contributed by atoms with E-state index in [1.54, 1.807) is 0 Å². The van der Waals surface area contributed by atoms with E-state index in [9.17, 15) is 22.8 Å². The summed E-state index contributed by atoms with van der Waals surface area (Å²) in [5.41, 5.74) is 3.93. The van der Waals surface area contributed by atoms with Crippen LogP contribution in [0.2, 0.25) is 0 Å². The van der Waals surface area contributed by atoms with E-state index in [1.807, 2.05) is 6.07 Å². The highest BCUT2D eigenvalue weighted by Crippen LogP contribution is 2.29. The molecule has 2 amide bonds. The molecule has 1 rings (SSSR count). The maximum absolute atomic E-state index is 12.6. The molecule has 2 atom stereocenters. The van der Waals surface area contributed by atoms with Crippen LogP contribution in [0.5, 0.6) is 0 Å². The van der Waals surface area contributed by atoms with Gasteiger partial charge in [0.2, 0.25) is 5.91 Å². The minimum absolute atomic E-state index is 0.0313. The molecule has 3 N–H and O–H groups in total. The van der Waals surface area contributed by atoms with Gasteiger partial charge in [0.15, 0.2) is 0 Å². The van der Waals surface area contributed by atoms with Crippen LogP contribution < -0.4 is 11.1 Å². The van der Waals surface area contributed by atoms with Crippen molar-refractivity contribution in [2.45, 2.75) is 25.6 Å². The van der Waals surface area contributed by atoms with Gasteiger partial charge in [0.05, 0.1) is 11.6 Å². The summed E-state index contributed by atoms with van der Waals surface area (Å²) >= 11 is 0. The van der Waals surface area contributed by atoms with Crippen LogP contribution in [-0.4, -0.2) is 17.9 Å². The molecule has 8 heteroatoms. The number of hydrogen-bond donors (Lipinski definition) is 2. The molecule has 0 spiro atoms. The molecule has 0 saturated carbocycles. The average molecular weight is 313 g/mol. The maximum Gasteiger partial charge on any atom is 0.416 e. The van der Waals surface area contributed by atoms with Crippen LogP contribution in [0.25, 0.3) is 0 Å². The molecule has 0 unspecified atom stereocenters. The zero-order valence-corrected chi connectivity index (χ0v) is 11.6. The van der Waals surface area contributed by atoms with E-state index in [2.05, 4.69) is 5.32 Å². The van der Waals surface area contributed by atoms with Crippen molar-refractivity contribution < 1.29 is 22.8 Å². The van der Waals surface area contributed by atoms with Gasteiger partial charge >= 0.3 is 6.18 Å². The molecular weight excluding hydrogens is 299 g/mol. The predicted octanol–water partition coefficient (Wildman–Crippen LogP) is 1.84. The van der Waals surface area contributed by atoms with Crippen molar-refractivity contribution in [1.29, 1.82) is 5.26 Å². The summed E-state index contributed by atoms with van der Waals surface area (Å²) in [5, 5.41) is 10.9. The third-order valence-corrected chi connectivity index (χ3v) is 3.03. The number of nitrogens with zero attached hydrogens (tertiary/aromatic N) is 1. The number of hydrogen-bond acceptors (Lipinski definition) is 3. The van der Waals surface area contributed by atoms with Crippen molar-refractivity contribution in [3.8, 4) is 6.07 Å². The van der Waals surface area contributed by atoms with E-state index in [4.69, 9.17) is 11.0 Å². The Hall–Kier alpha value is -2.56. The summed E-state index contributed by atoms with van der Waals surface area (Å²) in [5.74, 6) is -2.28. The number of nitrogens with two attached hydrogens (primary N) is 1. The number of nitrogens with one attached hydrogen (secondary N) is 1. The quantitative estimate of drug-likeness (QED) is 0.868. The highest BCUT2D eigenvalue weighted by atomic mass is 19.4. The topological polar surface area (TPSA) is 96.0 Å². The van der Waals surface area contributed by atoms with E-state index < -0.39 is 35.5 Å². The zero-order chi connectivity index (χ0) is 16.9. The molecule has 118 valence electrons. The Morgan fingerprint density at radius 2 is 2.05 bits per heavy atom. The molecule has 1 aromatic carbocycles. The van der Waals surface area contributed by atoms with Crippen LogP contribution in [0.4, 0.5) is 13.2 Å². The number of amides is 2. The molecule has 0 bridgehead atoms. The molecule has 22 heavy (non-hydrogen) atoms. The van der Waals surface area contributed by atoms with E-state index in [0.29, 0.717) is 6.07 Å². The molecule has 0 saturated heterocycles. The molecule has 0 aliphatic carbocycles. The smallest absolute Gasteiger partial charge is 0.368 e. The van der Waals surface area contributed by atoms with Gasteiger partial charge in [-0.3, -0.25) is 9.59 Å². The fourth-order valence-electron chi connectivity index (χ4n) is 1.82. The van der Waals surface area contributed by atoms with Crippen molar-refractivity contribution in [2.24, 2.45) is 11.7 Å². The first kappa shape index (κ1) is 17.5. The van der Waals surface area contributed by atoms with Crippen LogP contribution >= 0.6 is 0 Å². The molecule has 0 aliphatic heterocycles. The van der Waals surface area contributed by atoms with Gasteiger partial charge in [-0.2, -0.15) is 18.4 Å². The molecule has 0 aliphatic rings. The number of carbonyl (C=O) groups is 2. The summed E-state index contributed by atoms with van der Waals surface area (Å²) in [4.78, 5) is 23.3. The van der Waals surface area contributed by atoms with Crippen molar-refractivity contribution >= 4 is 11.8 Å². The first-order valence-corrected chi connectivity index (χ1v) is 6.31. The van der Waals surface area contributed by atoms with E-state index >= 15 is 0 Å². The second-order valence-electron chi connectivity index (χ2n) is 4.77. The summed E-state index contributed by atoms with van der Waals surface area (Å²) in [7, 11) is 0. The molecule has 0 aromatic heterocycles. The number of benzene rings is 1. The monoisotopic (exact) mass is 313 g/mol. The number of primary amides is 1. The number of halogens is 3. The largest absolute Gasteiger partial charge is 0.416 e. The lowest BCUT2D eigenvalue weighted by molar-refractivity contribution is -0.137. The van der Waals surface area contributed by atoms with Gasteiger partial charge in [-0.05, 0) is 24.1 Å². The maximum atomic E-state index is 12.6. The first-order chi connectivity index (χ1) is 10.2. The standard InChI is InChI=1S/C14H14F3N3O2/c1-8(5-6-18)11(12(19)21)20-13(22)9-3-2-4-10(7-9)14(15,16)17/h2-4,7-8,11H,5H2,1H3,(H2,19,21)(H,20,22)/t8-,11-/m1/s1. The summed E-state index contributed by atoms with van der Waals surface area (Å²) in [6, 6.07) is 4.50. The minimum atomic E-state index is -4.58. The Bertz CT molecular complexity index is 608. The number of alkyl halides is 3. The molecule has 0 fully saturated rings. The fourth-order valence-corrected chi connectivity index (χ4v) is 1.82. The highest BCUT2D eigenvalue weighted by molar-refractivity contribution is 5.97. The Kier molecular flexibility index (Phi) is 5.51. The lowest BCUT2D eigenvalue weighted by atomic mass is 9.98. The number of carbonyl (C=O) groups excluding carboxylic acids is 2. The van der Waals surface area contributed by atoms with Crippen molar-refractivity contribution in [2.75, 3.05) is 0 Å². The second-order valence-corrected chi connectivity index (χ2v) is 4.77. The molecule has 5 nitrogen and oxygen atoms in total. The van der Waals surface area contributed by atoms with Crippen LogP contribution in [0.15, 0.2) is 24.3 Å². The van der Waals surface area contributed by atoms with Gasteiger partial charge in [0.25, 0.3) is 5.91 Å². The Labute approximate surface area is 124 Å². The van der Waals surface area contributed by atoms with Gasteiger partial charge in [-0.15, -0.1) is 0 Å². The number of rotatable bonds is 5. The Morgan fingerprint density at radius 3 is 2.55 bits per heavy atom. The highest BCUT2D eigenvalue weighted by Gasteiger charge is 2.31. The SMILES string of the molecule is C[C@H](CC#N)[C@@H](NC(=O)c1cccc(C(F)(F)F)c1)C(N)=O. The lowest BCUT2D eigenvalue weighted by Crippen LogP contribution is -2.48. The van der Waals surface area contributed by atoms with Crippen molar-refractivity contribution in [1.82, 2.24) is 5.32 Å². The zero-order valence-electron chi connectivity index (χ0n) is 11.6. The second kappa shape index (κ2) is 6.93. The van der Waals surface area contributed by atoms with Crippen molar-refractivity contribution in [3.05, 3.63) is 35.4 Å². The van der Waals surface area contributed by atoms with E-state index in [0.717, 1.165) is 12.1 Å². The molecule has 0 radical (unpaired) electrons. The van der Waals surface area contributed by atoms with Gasteiger partial charge in [-0.25, -0.2) is 0 Å². The van der Waals surface area contributed by atoms with Crippen LogP contribution in [-0.2, 0) is 11.0 Å². The van der Waals surface area contributed by atoms with Gasteiger partial charge in [0.1, 0.15) is 6.04 Å².